The lowest BCUT2D eigenvalue weighted by Crippen LogP contribution is -2.18. The Hall–Kier alpha value is -1.35. The van der Waals surface area contributed by atoms with Crippen molar-refractivity contribution in [3.05, 3.63) is 63.9 Å². The third kappa shape index (κ3) is 2.27. The molecule has 0 amide bonds. The summed E-state index contributed by atoms with van der Waals surface area (Å²) in [7, 11) is 0. The Morgan fingerprint density at radius 1 is 1.17 bits per heavy atom. The van der Waals surface area contributed by atoms with Gasteiger partial charge in [-0.2, -0.15) is 0 Å². The average Bonchev–Trinajstić information content (AvgIpc) is 2.38. The lowest BCUT2D eigenvalue weighted by Gasteiger charge is -2.27. The van der Waals surface area contributed by atoms with Gasteiger partial charge in [0.2, 0.25) is 0 Å². The maximum atomic E-state index is 13.2. The van der Waals surface area contributed by atoms with E-state index in [1.54, 1.807) is 12.1 Å². The predicted octanol–water partition coefficient (Wildman–Crippen LogP) is 4.69. The molecule has 3 heteroatoms. The van der Waals surface area contributed by atoms with Gasteiger partial charge >= 0.3 is 0 Å². The van der Waals surface area contributed by atoms with Crippen LogP contribution in [0.1, 0.15) is 23.6 Å². The minimum Gasteiger partial charge on any atom is -0.378 e. The molecule has 0 saturated carbocycles. The van der Waals surface area contributed by atoms with Gasteiger partial charge in [0.15, 0.2) is 0 Å². The highest BCUT2D eigenvalue weighted by Gasteiger charge is 2.19. The monoisotopic (exact) mass is 305 g/mol. The second-order valence-corrected chi connectivity index (χ2v) is 5.51. The van der Waals surface area contributed by atoms with Crippen LogP contribution in [-0.2, 0) is 6.42 Å². The topological polar surface area (TPSA) is 12.0 Å². The molecule has 1 N–H and O–H groups in total. The van der Waals surface area contributed by atoms with Gasteiger partial charge in [0.25, 0.3) is 0 Å². The average molecular weight is 306 g/mol. The zero-order valence-corrected chi connectivity index (χ0v) is 11.4. The molecule has 0 aliphatic carbocycles. The number of benzene rings is 2. The highest BCUT2D eigenvalue weighted by molar-refractivity contribution is 9.10. The molecule has 0 spiro atoms. The van der Waals surface area contributed by atoms with E-state index >= 15 is 0 Å². The summed E-state index contributed by atoms with van der Waals surface area (Å²) in [6.45, 7) is 0. The summed E-state index contributed by atoms with van der Waals surface area (Å²) in [4.78, 5) is 0. The molecule has 1 atom stereocenters. The number of fused-ring (bicyclic) bond motifs is 1. The fourth-order valence-electron chi connectivity index (χ4n) is 2.44. The first-order chi connectivity index (χ1) is 8.72. The molecule has 3 rings (SSSR count). The molecule has 1 unspecified atom stereocenters. The van der Waals surface area contributed by atoms with E-state index in [1.165, 1.54) is 11.6 Å². The van der Waals surface area contributed by atoms with Crippen LogP contribution in [0.5, 0.6) is 0 Å². The van der Waals surface area contributed by atoms with Crippen LogP contribution in [0.2, 0.25) is 0 Å². The molecule has 0 fully saturated rings. The van der Waals surface area contributed by atoms with Crippen LogP contribution < -0.4 is 5.32 Å². The van der Waals surface area contributed by atoms with Crippen LogP contribution in [0, 0.1) is 5.82 Å². The largest absolute Gasteiger partial charge is 0.378 e. The summed E-state index contributed by atoms with van der Waals surface area (Å²) < 4.78 is 14.3. The SMILES string of the molecule is Fc1cccc(C2CCc3cc(Br)ccc3N2)c1. The predicted molar refractivity (Wildman–Crippen MR) is 75.2 cm³/mol. The minimum absolute atomic E-state index is 0.170. The Morgan fingerprint density at radius 2 is 2.06 bits per heavy atom. The van der Waals surface area contributed by atoms with E-state index in [0.29, 0.717) is 0 Å². The number of aryl methyl sites for hydroxylation is 1. The lowest BCUT2D eigenvalue weighted by atomic mass is 9.93. The number of nitrogens with one attached hydrogen (secondary N) is 1. The molecule has 1 nitrogen and oxygen atoms in total. The summed E-state index contributed by atoms with van der Waals surface area (Å²) in [6.07, 6.45) is 2.01. The molecule has 0 radical (unpaired) electrons. The molecular formula is C15H13BrFN. The molecule has 2 aromatic carbocycles. The first kappa shape index (κ1) is 11.7. The standard InChI is InChI=1S/C15H13BrFN/c16-12-5-7-15-11(8-12)4-6-14(18-15)10-2-1-3-13(17)9-10/h1-3,5,7-9,14,18H,4,6H2. The molecule has 18 heavy (non-hydrogen) atoms. The third-order valence-electron chi connectivity index (χ3n) is 3.35. The number of anilines is 1. The molecular weight excluding hydrogens is 293 g/mol. The van der Waals surface area contributed by atoms with Crippen molar-refractivity contribution in [1.82, 2.24) is 0 Å². The zero-order chi connectivity index (χ0) is 12.5. The molecule has 92 valence electrons. The summed E-state index contributed by atoms with van der Waals surface area (Å²) in [5, 5.41) is 3.48. The summed E-state index contributed by atoms with van der Waals surface area (Å²) >= 11 is 3.48. The first-order valence-electron chi connectivity index (χ1n) is 6.03. The third-order valence-corrected chi connectivity index (χ3v) is 3.84. The Labute approximate surface area is 114 Å². The highest BCUT2D eigenvalue weighted by Crippen LogP contribution is 2.34. The van der Waals surface area contributed by atoms with Crippen molar-refractivity contribution in [2.45, 2.75) is 18.9 Å². The van der Waals surface area contributed by atoms with Gasteiger partial charge in [0.1, 0.15) is 5.82 Å². The number of hydrogen-bond acceptors (Lipinski definition) is 1. The van der Waals surface area contributed by atoms with Gasteiger partial charge in [0.05, 0.1) is 6.04 Å². The lowest BCUT2D eigenvalue weighted by molar-refractivity contribution is 0.614. The molecule has 0 aromatic heterocycles. The summed E-state index contributed by atoms with van der Waals surface area (Å²) in [5.74, 6) is -0.170. The van der Waals surface area contributed by atoms with Crippen LogP contribution in [0.25, 0.3) is 0 Å². The number of hydrogen-bond donors (Lipinski definition) is 1. The van der Waals surface area contributed by atoms with Gasteiger partial charge in [-0.1, -0.05) is 28.1 Å². The van der Waals surface area contributed by atoms with E-state index in [9.17, 15) is 4.39 Å². The Balaban J connectivity index is 1.89. The van der Waals surface area contributed by atoms with Crippen molar-refractivity contribution < 1.29 is 4.39 Å². The molecule has 1 aliphatic heterocycles. The number of rotatable bonds is 1. The fraction of sp³-hybridized carbons (Fsp3) is 0.200. The van der Waals surface area contributed by atoms with Gasteiger partial charge < -0.3 is 5.32 Å². The molecule has 1 aliphatic rings. The molecule has 0 saturated heterocycles. The van der Waals surface area contributed by atoms with Gasteiger partial charge in [-0.25, -0.2) is 4.39 Å². The van der Waals surface area contributed by atoms with E-state index in [1.807, 2.05) is 12.1 Å². The Morgan fingerprint density at radius 3 is 2.89 bits per heavy atom. The van der Waals surface area contributed by atoms with Crippen LogP contribution in [0.3, 0.4) is 0 Å². The van der Waals surface area contributed by atoms with Crippen LogP contribution in [0.4, 0.5) is 10.1 Å². The highest BCUT2D eigenvalue weighted by atomic mass is 79.9. The normalized spacial score (nSPS) is 18.0. The van der Waals surface area contributed by atoms with Gasteiger partial charge in [-0.05, 0) is 54.3 Å². The van der Waals surface area contributed by atoms with Crippen LogP contribution >= 0.6 is 15.9 Å². The minimum atomic E-state index is -0.170. The second kappa shape index (κ2) is 4.73. The summed E-state index contributed by atoms with van der Waals surface area (Å²) in [5.41, 5.74) is 3.49. The maximum absolute atomic E-state index is 13.2. The van der Waals surface area contributed by atoms with Crippen molar-refractivity contribution in [2.24, 2.45) is 0 Å². The molecule has 1 heterocycles. The molecule has 0 bridgehead atoms. The zero-order valence-electron chi connectivity index (χ0n) is 9.79. The van der Waals surface area contributed by atoms with Crippen molar-refractivity contribution >= 4 is 21.6 Å². The van der Waals surface area contributed by atoms with Crippen molar-refractivity contribution in [3.63, 3.8) is 0 Å². The van der Waals surface area contributed by atoms with E-state index < -0.39 is 0 Å². The van der Waals surface area contributed by atoms with E-state index in [4.69, 9.17) is 0 Å². The van der Waals surface area contributed by atoms with Gasteiger partial charge in [-0.3, -0.25) is 0 Å². The van der Waals surface area contributed by atoms with Crippen LogP contribution in [0.15, 0.2) is 46.9 Å². The summed E-state index contributed by atoms with van der Waals surface area (Å²) in [6, 6.07) is 13.3. The van der Waals surface area contributed by atoms with E-state index in [-0.39, 0.29) is 11.9 Å². The molecule has 2 aromatic rings. The van der Waals surface area contributed by atoms with Crippen molar-refractivity contribution in [3.8, 4) is 0 Å². The van der Waals surface area contributed by atoms with Crippen molar-refractivity contribution in [1.29, 1.82) is 0 Å². The maximum Gasteiger partial charge on any atom is 0.123 e. The quantitative estimate of drug-likeness (QED) is 0.806. The smallest absolute Gasteiger partial charge is 0.123 e. The van der Waals surface area contributed by atoms with E-state index in [0.717, 1.165) is 28.6 Å². The van der Waals surface area contributed by atoms with Crippen molar-refractivity contribution in [2.75, 3.05) is 5.32 Å². The Bertz CT molecular complexity index is 582. The van der Waals surface area contributed by atoms with Crippen LogP contribution in [-0.4, -0.2) is 0 Å². The van der Waals surface area contributed by atoms with E-state index in [2.05, 4.69) is 33.4 Å². The Kier molecular flexibility index (Phi) is 3.08. The van der Waals surface area contributed by atoms with Gasteiger partial charge in [-0.15, -0.1) is 0 Å². The van der Waals surface area contributed by atoms with Gasteiger partial charge in [0, 0.05) is 10.2 Å². The fourth-order valence-corrected chi connectivity index (χ4v) is 2.85. The number of halogens is 2. The first-order valence-corrected chi connectivity index (χ1v) is 6.82. The second-order valence-electron chi connectivity index (χ2n) is 4.59.